The lowest BCUT2D eigenvalue weighted by molar-refractivity contribution is -0.134. The quantitative estimate of drug-likeness (QED) is 0.838. The van der Waals surface area contributed by atoms with E-state index in [0.29, 0.717) is 25.9 Å². The minimum atomic E-state index is -0.283. The van der Waals surface area contributed by atoms with Crippen LogP contribution in [0.3, 0.4) is 0 Å². The molecule has 0 unspecified atom stereocenters. The molecule has 1 aromatic carbocycles. The number of nitrogens with zero attached hydrogens (tertiary/aromatic N) is 1. The Kier molecular flexibility index (Phi) is 4.97. The number of hydrogen-bond donors (Lipinski definition) is 1. The first-order valence-corrected chi connectivity index (χ1v) is 8.76. The number of carbonyl (C=O) groups is 3. The van der Waals surface area contributed by atoms with E-state index < -0.39 is 0 Å². The maximum absolute atomic E-state index is 12.3. The minimum absolute atomic E-state index is 0.00701. The number of ketones is 1. The third kappa shape index (κ3) is 3.66. The SMILES string of the molecule is NC(=O)C1CCN(C(=O)CCC(=O)c2ccc3c(c2)CCC3)CC1. The molecule has 1 aromatic rings. The molecule has 1 saturated heterocycles. The molecule has 24 heavy (non-hydrogen) atoms. The second-order valence-electron chi connectivity index (χ2n) is 6.82. The lowest BCUT2D eigenvalue weighted by Crippen LogP contribution is -2.41. The average molecular weight is 328 g/mol. The predicted molar refractivity (Wildman–Crippen MR) is 90.5 cm³/mol. The fourth-order valence-corrected chi connectivity index (χ4v) is 3.68. The van der Waals surface area contributed by atoms with Crippen molar-refractivity contribution in [1.82, 2.24) is 4.90 Å². The standard InChI is InChI=1S/C19H24N2O3/c20-19(24)14-8-10-21(11-9-14)18(23)7-6-17(22)16-5-4-13-2-1-3-15(13)12-16/h4-5,12,14H,1-3,6-11H2,(H2,20,24). The highest BCUT2D eigenvalue weighted by Gasteiger charge is 2.26. The van der Waals surface area contributed by atoms with Crippen molar-refractivity contribution in [1.29, 1.82) is 0 Å². The van der Waals surface area contributed by atoms with E-state index in [1.165, 1.54) is 11.1 Å². The second kappa shape index (κ2) is 7.16. The van der Waals surface area contributed by atoms with Gasteiger partial charge in [0, 0.05) is 37.4 Å². The summed E-state index contributed by atoms with van der Waals surface area (Å²) in [4.78, 5) is 37.5. The maximum atomic E-state index is 12.3. The molecule has 128 valence electrons. The van der Waals surface area contributed by atoms with E-state index >= 15 is 0 Å². The zero-order valence-corrected chi connectivity index (χ0v) is 13.9. The van der Waals surface area contributed by atoms with Crippen LogP contribution in [0.15, 0.2) is 18.2 Å². The van der Waals surface area contributed by atoms with Crippen LogP contribution in [0.5, 0.6) is 0 Å². The first-order valence-electron chi connectivity index (χ1n) is 8.76. The average Bonchev–Trinajstić information content (AvgIpc) is 3.07. The van der Waals surface area contributed by atoms with E-state index in [9.17, 15) is 14.4 Å². The molecule has 0 spiro atoms. The summed E-state index contributed by atoms with van der Waals surface area (Å²) in [5.41, 5.74) is 8.65. The summed E-state index contributed by atoms with van der Waals surface area (Å²) in [7, 11) is 0. The summed E-state index contributed by atoms with van der Waals surface area (Å²) in [5, 5.41) is 0. The van der Waals surface area contributed by atoms with Gasteiger partial charge in [-0.1, -0.05) is 12.1 Å². The van der Waals surface area contributed by atoms with Crippen LogP contribution in [0, 0.1) is 5.92 Å². The lowest BCUT2D eigenvalue weighted by atomic mass is 9.96. The summed E-state index contributed by atoms with van der Waals surface area (Å²) < 4.78 is 0. The van der Waals surface area contributed by atoms with E-state index in [0.717, 1.165) is 24.8 Å². The van der Waals surface area contributed by atoms with Crippen molar-refractivity contribution in [2.24, 2.45) is 11.7 Å². The zero-order chi connectivity index (χ0) is 17.1. The van der Waals surface area contributed by atoms with Crippen molar-refractivity contribution in [2.75, 3.05) is 13.1 Å². The van der Waals surface area contributed by atoms with Crippen LogP contribution in [-0.2, 0) is 22.4 Å². The number of fused-ring (bicyclic) bond motifs is 1. The Bertz CT molecular complexity index is 661. The molecule has 5 heteroatoms. The van der Waals surface area contributed by atoms with Crippen LogP contribution in [0.1, 0.15) is 53.6 Å². The molecule has 0 saturated carbocycles. The largest absolute Gasteiger partial charge is 0.369 e. The lowest BCUT2D eigenvalue weighted by Gasteiger charge is -2.30. The van der Waals surface area contributed by atoms with Gasteiger partial charge in [0.15, 0.2) is 5.78 Å². The number of benzene rings is 1. The number of primary amides is 1. The summed E-state index contributed by atoms with van der Waals surface area (Å²) in [6.45, 7) is 1.11. The number of hydrogen-bond acceptors (Lipinski definition) is 3. The first kappa shape index (κ1) is 16.7. The molecular formula is C19H24N2O3. The first-order chi connectivity index (χ1) is 11.5. The number of Topliss-reactive ketones (excluding diaryl/α,β-unsaturated/α-hetero) is 1. The Balaban J connectivity index is 1.49. The second-order valence-corrected chi connectivity index (χ2v) is 6.82. The summed E-state index contributed by atoms with van der Waals surface area (Å²) in [5.74, 6) is -0.381. The third-order valence-corrected chi connectivity index (χ3v) is 5.24. The highest BCUT2D eigenvalue weighted by atomic mass is 16.2. The Labute approximate surface area is 142 Å². The molecule has 0 atom stereocenters. The Morgan fingerprint density at radius 1 is 1.04 bits per heavy atom. The molecule has 0 radical (unpaired) electrons. The highest BCUT2D eigenvalue weighted by molar-refractivity contribution is 5.98. The molecule has 2 aliphatic rings. The Hall–Kier alpha value is -2.17. The van der Waals surface area contributed by atoms with Crippen molar-refractivity contribution >= 4 is 17.6 Å². The number of nitrogens with two attached hydrogens (primary N) is 1. The summed E-state index contributed by atoms with van der Waals surface area (Å²) in [6, 6.07) is 5.93. The van der Waals surface area contributed by atoms with Crippen LogP contribution >= 0.6 is 0 Å². The monoisotopic (exact) mass is 328 g/mol. The van der Waals surface area contributed by atoms with E-state index in [1.54, 1.807) is 4.90 Å². The van der Waals surface area contributed by atoms with Gasteiger partial charge in [0.25, 0.3) is 0 Å². The van der Waals surface area contributed by atoms with Gasteiger partial charge in [-0.3, -0.25) is 14.4 Å². The van der Waals surface area contributed by atoms with Crippen molar-refractivity contribution in [3.05, 3.63) is 34.9 Å². The van der Waals surface area contributed by atoms with Crippen LogP contribution in [0.25, 0.3) is 0 Å². The maximum Gasteiger partial charge on any atom is 0.223 e. The zero-order valence-electron chi connectivity index (χ0n) is 13.9. The molecule has 1 fully saturated rings. The Morgan fingerprint density at radius 3 is 2.46 bits per heavy atom. The van der Waals surface area contributed by atoms with Gasteiger partial charge in [-0.25, -0.2) is 0 Å². The van der Waals surface area contributed by atoms with Crippen LogP contribution < -0.4 is 5.73 Å². The van der Waals surface area contributed by atoms with E-state index in [2.05, 4.69) is 0 Å². The summed E-state index contributed by atoms with van der Waals surface area (Å²) in [6.07, 6.45) is 5.03. The molecule has 0 aromatic heterocycles. The van der Waals surface area contributed by atoms with Crippen molar-refractivity contribution in [3.8, 4) is 0 Å². The van der Waals surface area contributed by atoms with Crippen molar-refractivity contribution < 1.29 is 14.4 Å². The van der Waals surface area contributed by atoms with Crippen LogP contribution in [-0.4, -0.2) is 35.6 Å². The number of carbonyl (C=O) groups excluding carboxylic acids is 3. The molecule has 1 aliphatic carbocycles. The smallest absolute Gasteiger partial charge is 0.223 e. The molecular weight excluding hydrogens is 304 g/mol. The van der Waals surface area contributed by atoms with Crippen molar-refractivity contribution in [2.45, 2.75) is 44.9 Å². The van der Waals surface area contributed by atoms with E-state index in [4.69, 9.17) is 5.73 Å². The fraction of sp³-hybridized carbons (Fsp3) is 0.526. The van der Waals surface area contributed by atoms with Gasteiger partial charge in [0.2, 0.25) is 11.8 Å². The number of likely N-dealkylation sites (tertiary alicyclic amines) is 1. The van der Waals surface area contributed by atoms with Crippen LogP contribution in [0.4, 0.5) is 0 Å². The molecule has 1 heterocycles. The molecule has 2 N–H and O–H groups in total. The van der Waals surface area contributed by atoms with Gasteiger partial charge in [-0.15, -0.1) is 0 Å². The van der Waals surface area contributed by atoms with Gasteiger partial charge in [0.1, 0.15) is 0 Å². The number of piperidine rings is 1. The van der Waals surface area contributed by atoms with Crippen molar-refractivity contribution in [3.63, 3.8) is 0 Å². The van der Waals surface area contributed by atoms with E-state index in [-0.39, 0.29) is 36.4 Å². The fourth-order valence-electron chi connectivity index (χ4n) is 3.68. The molecule has 1 aliphatic heterocycles. The molecule has 2 amide bonds. The molecule has 3 rings (SSSR count). The topological polar surface area (TPSA) is 80.5 Å². The normalized spacial score (nSPS) is 17.6. The van der Waals surface area contributed by atoms with Gasteiger partial charge in [0.05, 0.1) is 0 Å². The number of amides is 2. The third-order valence-electron chi connectivity index (χ3n) is 5.24. The molecule has 5 nitrogen and oxygen atoms in total. The Morgan fingerprint density at radius 2 is 1.75 bits per heavy atom. The predicted octanol–water partition coefficient (Wildman–Crippen LogP) is 1.86. The van der Waals surface area contributed by atoms with Gasteiger partial charge < -0.3 is 10.6 Å². The number of rotatable bonds is 5. The van der Waals surface area contributed by atoms with Gasteiger partial charge in [-0.2, -0.15) is 0 Å². The van der Waals surface area contributed by atoms with Crippen LogP contribution in [0.2, 0.25) is 0 Å². The van der Waals surface area contributed by atoms with Gasteiger partial charge in [-0.05, 0) is 49.3 Å². The van der Waals surface area contributed by atoms with Gasteiger partial charge >= 0.3 is 0 Å². The molecule has 0 bridgehead atoms. The minimum Gasteiger partial charge on any atom is -0.369 e. The number of aryl methyl sites for hydroxylation is 2. The van der Waals surface area contributed by atoms with E-state index in [1.807, 2.05) is 18.2 Å². The summed E-state index contributed by atoms with van der Waals surface area (Å²) >= 11 is 0. The highest BCUT2D eigenvalue weighted by Crippen LogP contribution is 2.24.